The lowest BCUT2D eigenvalue weighted by Crippen LogP contribution is -2.46. The average Bonchev–Trinajstić information content (AvgIpc) is 2.89. The number of rotatable bonds is 8. The summed E-state index contributed by atoms with van der Waals surface area (Å²) in [4.78, 5) is 32.3. The molecule has 4 rings (SSSR count). The summed E-state index contributed by atoms with van der Waals surface area (Å²) >= 11 is 1.22. The maximum absolute atomic E-state index is 13.4. The Morgan fingerprint density at radius 2 is 1.78 bits per heavy atom. The van der Waals surface area contributed by atoms with E-state index in [1.54, 1.807) is 31.3 Å². The molecule has 9 heteroatoms. The van der Waals surface area contributed by atoms with E-state index in [0.717, 1.165) is 5.56 Å². The van der Waals surface area contributed by atoms with E-state index in [4.69, 9.17) is 9.47 Å². The van der Waals surface area contributed by atoms with Crippen LogP contribution in [0, 0.1) is 5.82 Å². The van der Waals surface area contributed by atoms with Crippen LogP contribution in [-0.2, 0) is 16.0 Å². The number of nitrogens with one attached hydrogen (secondary N) is 1. The molecule has 2 amide bonds. The van der Waals surface area contributed by atoms with E-state index >= 15 is 0 Å². The molecule has 3 aromatic carbocycles. The second kappa shape index (κ2) is 11.7. The maximum atomic E-state index is 13.4. The molecule has 0 spiro atoms. The van der Waals surface area contributed by atoms with Crippen LogP contribution in [0.1, 0.15) is 12.0 Å². The molecule has 1 N–H and O–H groups in total. The molecule has 1 unspecified atom stereocenters. The van der Waals surface area contributed by atoms with Crippen LogP contribution in [0.4, 0.5) is 15.8 Å². The van der Waals surface area contributed by atoms with Crippen molar-refractivity contribution >= 4 is 40.1 Å². The fourth-order valence-corrected chi connectivity index (χ4v) is 4.83. The lowest BCUT2D eigenvalue weighted by molar-refractivity contribution is -0.129. The molecule has 0 aromatic heterocycles. The number of carbonyl (C=O) groups excluding carboxylic acids is 2. The Labute approximate surface area is 213 Å². The average molecular weight is 508 g/mol. The van der Waals surface area contributed by atoms with Gasteiger partial charge in [-0.2, -0.15) is 0 Å². The highest BCUT2D eigenvalue weighted by atomic mass is 32.2. The second-order valence-electron chi connectivity index (χ2n) is 8.02. The molecule has 1 atom stereocenters. The zero-order valence-corrected chi connectivity index (χ0v) is 20.8. The molecule has 0 bridgehead atoms. The summed E-state index contributed by atoms with van der Waals surface area (Å²) in [5, 5.41) is 2.61. The summed E-state index contributed by atoms with van der Waals surface area (Å²) in [5.41, 5.74) is 2.10. The number of amidine groups is 1. The SMILES string of the molecule is COc1ccc(CCN2C(=O)CC(C(=O)Nc3ccccc3)SC2=Nc2ccc(F)cc2)cc1OC. The van der Waals surface area contributed by atoms with E-state index in [0.29, 0.717) is 41.0 Å². The van der Waals surface area contributed by atoms with Gasteiger partial charge in [0.2, 0.25) is 11.8 Å². The van der Waals surface area contributed by atoms with Crippen molar-refractivity contribution in [2.45, 2.75) is 18.1 Å². The van der Waals surface area contributed by atoms with Gasteiger partial charge in [-0.1, -0.05) is 36.0 Å². The monoisotopic (exact) mass is 507 g/mol. The first kappa shape index (κ1) is 25.2. The number of aliphatic imine (C=N–C) groups is 1. The Balaban J connectivity index is 1.55. The molecule has 0 radical (unpaired) electrons. The molecule has 1 saturated heterocycles. The number of anilines is 1. The molecule has 0 saturated carbocycles. The quantitative estimate of drug-likeness (QED) is 0.462. The Morgan fingerprint density at radius 1 is 1.06 bits per heavy atom. The summed E-state index contributed by atoms with van der Waals surface area (Å²) in [7, 11) is 3.14. The predicted octanol–water partition coefficient (Wildman–Crippen LogP) is 5.05. The maximum Gasteiger partial charge on any atom is 0.238 e. The van der Waals surface area contributed by atoms with E-state index in [2.05, 4.69) is 10.3 Å². The molecular formula is C27H26FN3O4S. The highest BCUT2D eigenvalue weighted by Gasteiger charge is 2.35. The lowest BCUT2D eigenvalue weighted by atomic mass is 10.1. The van der Waals surface area contributed by atoms with E-state index in [1.807, 2.05) is 36.4 Å². The highest BCUT2D eigenvalue weighted by molar-refractivity contribution is 8.15. The van der Waals surface area contributed by atoms with Gasteiger partial charge in [-0.05, 0) is 60.5 Å². The molecule has 1 aliphatic heterocycles. The van der Waals surface area contributed by atoms with Gasteiger partial charge in [-0.25, -0.2) is 9.38 Å². The number of halogens is 1. The zero-order valence-electron chi connectivity index (χ0n) is 19.9. The van der Waals surface area contributed by atoms with Gasteiger partial charge in [-0.3, -0.25) is 14.5 Å². The summed E-state index contributed by atoms with van der Waals surface area (Å²) in [6.45, 7) is 0.356. The molecule has 1 heterocycles. The van der Waals surface area contributed by atoms with Crippen molar-refractivity contribution in [3.05, 3.63) is 84.2 Å². The highest BCUT2D eigenvalue weighted by Crippen LogP contribution is 2.31. The summed E-state index contributed by atoms with van der Waals surface area (Å²) in [5.74, 6) is 0.370. The first-order valence-corrected chi connectivity index (χ1v) is 12.2. The number of thioether (sulfide) groups is 1. The zero-order chi connectivity index (χ0) is 25.5. The molecule has 1 aliphatic rings. The first-order valence-electron chi connectivity index (χ1n) is 11.3. The third-order valence-electron chi connectivity index (χ3n) is 5.60. The summed E-state index contributed by atoms with van der Waals surface area (Å²) in [6, 6.07) is 20.4. The van der Waals surface area contributed by atoms with E-state index in [9.17, 15) is 14.0 Å². The van der Waals surface area contributed by atoms with Crippen molar-refractivity contribution in [3.63, 3.8) is 0 Å². The van der Waals surface area contributed by atoms with E-state index in [-0.39, 0.29) is 24.1 Å². The smallest absolute Gasteiger partial charge is 0.238 e. The van der Waals surface area contributed by atoms with Crippen LogP contribution >= 0.6 is 11.8 Å². The molecule has 36 heavy (non-hydrogen) atoms. The number of methoxy groups -OCH3 is 2. The van der Waals surface area contributed by atoms with Crippen LogP contribution in [-0.4, -0.2) is 47.9 Å². The van der Waals surface area contributed by atoms with Crippen molar-refractivity contribution < 1.29 is 23.5 Å². The van der Waals surface area contributed by atoms with Gasteiger partial charge in [0.25, 0.3) is 0 Å². The standard InChI is InChI=1S/C27H26FN3O4S/c1-34-22-13-8-18(16-23(22)35-2)14-15-31-25(32)17-24(26(33)29-20-6-4-3-5-7-20)36-27(31)30-21-11-9-19(28)10-12-21/h3-13,16,24H,14-15,17H2,1-2H3,(H,29,33). The second-order valence-corrected chi connectivity index (χ2v) is 9.19. The predicted molar refractivity (Wildman–Crippen MR) is 140 cm³/mol. The van der Waals surface area contributed by atoms with Crippen LogP contribution in [0.25, 0.3) is 0 Å². The first-order chi connectivity index (χ1) is 17.5. The molecular weight excluding hydrogens is 481 g/mol. The van der Waals surface area contributed by atoms with Gasteiger partial charge >= 0.3 is 0 Å². The Morgan fingerprint density at radius 3 is 2.47 bits per heavy atom. The van der Waals surface area contributed by atoms with E-state index in [1.165, 1.54) is 36.0 Å². The van der Waals surface area contributed by atoms with Crippen LogP contribution in [0.15, 0.2) is 77.8 Å². The van der Waals surface area contributed by atoms with Gasteiger partial charge in [0.05, 0.1) is 19.9 Å². The van der Waals surface area contributed by atoms with Gasteiger partial charge in [0, 0.05) is 18.7 Å². The van der Waals surface area contributed by atoms with Crippen molar-refractivity contribution in [2.24, 2.45) is 4.99 Å². The van der Waals surface area contributed by atoms with Crippen molar-refractivity contribution in [3.8, 4) is 11.5 Å². The summed E-state index contributed by atoms with van der Waals surface area (Å²) in [6.07, 6.45) is 0.577. The number of nitrogens with zero attached hydrogens (tertiary/aromatic N) is 2. The largest absolute Gasteiger partial charge is 0.493 e. The lowest BCUT2D eigenvalue weighted by Gasteiger charge is -2.32. The van der Waals surface area contributed by atoms with Crippen LogP contribution < -0.4 is 14.8 Å². The van der Waals surface area contributed by atoms with Crippen molar-refractivity contribution in [2.75, 3.05) is 26.1 Å². The third kappa shape index (κ3) is 6.23. The third-order valence-corrected chi connectivity index (χ3v) is 6.78. The summed E-state index contributed by atoms with van der Waals surface area (Å²) < 4.78 is 24.1. The molecule has 186 valence electrons. The van der Waals surface area contributed by atoms with Crippen molar-refractivity contribution in [1.29, 1.82) is 0 Å². The van der Waals surface area contributed by atoms with Crippen LogP contribution in [0.3, 0.4) is 0 Å². The van der Waals surface area contributed by atoms with Gasteiger partial charge in [0.15, 0.2) is 16.7 Å². The number of benzene rings is 3. The Bertz CT molecular complexity index is 1250. The fraction of sp³-hybridized carbons (Fsp3) is 0.222. The number of carbonyl (C=O) groups is 2. The normalized spacial score (nSPS) is 16.6. The van der Waals surface area contributed by atoms with Gasteiger partial charge < -0.3 is 14.8 Å². The van der Waals surface area contributed by atoms with E-state index < -0.39 is 5.25 Å². The molecule has 7 nitrogen and oxygen atoms in total. The Kier molecular flexibility index (Phi) is 8.22. The number of ether oxygens (including phenoxy) is 2. The number of amides is 2. The molecule has 0 aliphatic carbocycles. The molecule has 3 aromatic rings. The number of para-hydroxylation sites is 1. The van der Waals surface area contributed by atoms with Gasteiger partial charge in [0.1, 0.15) is 11.1 Å². The minimum Gasteiger partial charge on any atom is -0.493 e. The number of hydrogen-bond acceptors (Lipinski definition) is 6. The van der Waals surface area contributed by atoms with Crippen LogP contribution in [0.5, 0.6) is 11.5 Å². The van der Waals surface area contributed by atoms with Crippen LogP contribution in [0.2, 0.25) is 0 Å². The fourth-order valence-electron chi connectivity index (χ4n) is 3.71. The number of hydrogen-bond donors (Lipinski definition) is 1. The Hall–Kier alpha value is -3.85. The topological polar surface area (TPSA) is 80.2 Å². The molecule has 1 fully saturated rings. The van der Waals surface area contributed by atoms with Crippen molar-refractivity contribution in [1.82, 2.24) is 4.90 Å². The minimum atomic E-state index is -0.644. The minimum absolute atomic E-state index is 0.0394. The van der Waals surface area contributed by atoms with Gasteiger partial charge in [-0.15, -0.1) is 0 Å².